The Morgan fingerprint density at radius 2 is 1.00 bits per heavy atom. The summed E-state index contributed by atoms with van der Waals surface area (Å²) in [7, 11) is 0. The van der Waals surface area contributed by atoms with Crippen LogP contribution in [0, 0.1) is 0 Å². The second-order valence-corrected chi connectivity index (χ2v) is 20.5. The zero-order valence-electron chi connectivity index (χ0n) is 40.6. The van der Waals surface area contributed by atoms with Crippen molar-refractivity contribution in [3.05, 3.63) is 284 Å². The van der Waals surface area contributed by atoms with Gasteiger partial charge in [-0.2, -0.15) is 0 Å². The van der Waals surface area contributed by atoms with Crippen LogP contribution in [-0.4, -0.2) is 10.6 Å². The topological polar surface area (TPSA) is 23.4 Å². The predicted molar refractivity (Wildman–Crippen MR) is 315 cm³/mol. The van der Waals surface area contributed by atoms with Crippen molar-refractivity contribution in [1.82, 2.24) is 4.57 Å². The molecule has 0 spiro atoms. The largest absolute Gasteiger partial charge is 0.368 e. The summed E-state index contributed by atoms with van der Waals surface area (Å²) in [4.78, 5) is 6.19. The van der Waals surface area contributed by atoms with E-state index in [1.54, 1.807) is 0 Å². The molecular formula is C69H50N4S. The standard InChI is InChI=1S/C69H50N4S/c1-5-15-47(16-6-1)49-27-31-55(32-28-49)71(59-38-42-67-64(45-59)63-23-13-14-24-66(63)73(67)54-21-11-4-12-22-54)57-35-39-61-52(43-57)25-26-53-44-58(36-40-62(53)61)72(56-33-29-50(30-34-56)48-17-7-2-8-18-48)60-37-41-65-68(46-60)74-69(70-65)51-19-9-3-10-20-51/h1-31,33-46,55,69-70H,32H2. The minimum atomic E-state index is 0.105. The van der Waals surface area contributed by atoms with Gasteiger partial charge in [0.1, 0.15) is 5.37 Å². The lowest BCUT2D eigenvalue weighted by Gasteiger charge is -2.33. The highest BCUT2D eigenvalue weighted by molar-refractivity contribution is 8.00. The molecule has 0 bridgehead atoms. The molecule has 1 aliphatic heterocycles. The van der Waals surface area contributed by atoms with Crippen LogP contribution >= 0.6 is 11.8 Å². The maximum Gasteiger partial charge on any atom is 0.103 e. The number of fused-ring (bicyclic) bond motifs is 7. The van der Waals surface area contributed by atoms with Crippen molar-refractivity contribution in [3.8, 4) is 16.8 Å². The smallest absolute Gasteiger partial charge is 0.103 e. The van der Waals surface area contributed by atoms with E-state index in [9.17, 15) is 0 Å². The van der Waals surface area contributed by atoms with Gasteiger partial charge in [0.05, 0.1) is 17.1 Å². The van der Waals surface area contributed by atoms with E-state index in [1.165, 1.54) is 81.8 Å². The number of nitrogens with one attached hydrogen (secondary N) is 1. The quantitative estimate of drug-likeness (QED) is 0.138. The third-order valence-electron chi connectivity index (χ3n) is 14.9. The summed E-state index contributed by atoms with van der Waals surface area (Å²) in [5, 5.41) is 11.3. The lowest BCUT2D eigenvalue weighted by atomic mass is 9.95. The van der Waals surface area contributed by atoms with E-state index in [-0.39, 0.29) is 11.4 Å². The highest BCUT2D eigenvalue weighted by Crippen LogP contribution is 2.50. The van der Waals surface area contributed by atoms with Crippen LogP contribution in [0.2, 0.25) is 0 Å². The van der Waals surface area contributed by atoms with Crippen molar-refractivity contribution in [2.45, 2.75) is 22.7 Å². The second-order valence-electron chi connectivity index (χ2n) is 19.3. The highest BCUT2D eigenvalue weighted by Gasteiger charge is 2.26. The van der Waals surface area contributed by atoms with E-state index in [2.05, 4.69) is 293 Å². The number of thioether (sulfide) groups is 1. The van der Waals surface area contributed by atoms with Crippen LogP contribution in [0.1, 0.15) is 22.9 Å². The van der Waals surface area contributed by atoms with Crippen LogP contribution < -0.4 is 15.1 Å². The number of rotatable bonds is 10. The molecule has 2 unspecified atom stereocenters. The minimum Gasteiger partial charge on any atom is -0.368 e. The van der Waals surface area contributed by atoms with Crippen molar-refractivity contribution in [2.75, 3.05) is 15.1 Å². The molecule has 0 saturated carbocycles. The van der Waals surface area contributed by atoms with Gasteiger partial charge in [-0.1, -0.05) is 194 Å². The van der Waals surface area contributed by atoms with Gasteiger partial charge >= 0.3 is 0 Å². The molecule has 2 atom stereocenters. The van der Waals surface area contributed by atoms with Gasteiger partial charge in [0.25, 0.3) is 0 Å². The van der Waals surface area contributed by atoms with E-state index < -0.39 is 0 Å². The van der Waals surface area contributed by atoms with Crippen LogP contribution in [0.3, 0.4) is 0 Å². The lowest BCUT2D eigenvalue weighted by molar-refractivity contribution is 0.788. The van der Waals surface area contributed by atoms with E-state index >= 15 is 0 Å². The molecule has 1 aliphatic carbocycles. The molecule has 0 saturated heterocycles. The Bertz CT molecular complexity index is 4110. The van der Waals surface area contributed by atoms with Crippen LogP contribution in [0.5, 0.6) is 0 Å². The molecule has 2 aliphatic rings. The number of nitrogens with zero attached hydrogens (tertiary/aromatic N) is 3. The van der Waals surface area contributed by atoms with E-state index in [4.69, 9.17) is 0 Å². The number of hydrogen-bond acceptors (Lipinski definition) is 4. The van der Waals surface area contributed by atoms with Gasteiger partial charge in [-0.05, 0) is 147 Å². The van der Waals surface area contributed by atoms with Gasteiger partial charge < -0.3 is 19.7 Å². The first-order chi connectivity index (χ1) is 36.7. The third kappa shape index (κ3) is 7.90. The van der Waals surface area contributed by atoms with Crippen LogP contribution in [0.15, 0.2) is 278 Å². The summed E-state index contributed by atoms with van der Waals surface area (Å²) in [5.41, 5.74) is 16.6. The monoisotopic (exact) mass is 966 g/mol. The molecule has 0 fully saturated rings. The zero-order valence-corrected chi connectivity index (χ0v) is 41.4. The maximum atomic E-state index is 3.76. The van der Waals surface area contributed by atoms with Gasteiger partial charge in [-0.3, -0.25) is 0 Å². The Labute approximate surface area is 435 Å². The van der Waals surface area contributed by atoms with Crippen molar-refractivity contribution in [1.29, 1.82) is 0 Å². The molecule has 4 nitrogen and oxygen atoms in total. The Kier molecular flexibility index (Phi) is 11.0. The zero-order chi connectivity index (χ0) is 49.0. The SMILES string of the molecule is C1=CC(N(c2ccc3c(ccc4cc(N(c5ccc(-c6ccccc6)cc5)c5ccc6c(c5)SC(c5ccccc5)N6)ccc43)c2)c2ccc3c(c2)c2ccccc2n3-c2ccccc2)CC=C1c1ccccc1. The molecule has 5 heteroatoms. The number of allylic oxidation sites excluding steroid dienone is 2. The molecule has 0 amide bonds. The van der Waals surface area contributed by atoms with Crippen molar-refractivity contribution >= 4 is 94.8 Å². The van der Waals surface area contributed by atoms with Crippen LogP contribution in [-0.2, 0) is 0 Å². The first-order valence-corrected chi connectivity index (χ1v) is 26.4. The molecule has 12 aromatic rings. The van der Waals surface area contributed by atoms with Gasteiger partial charge in [-0.15, -0.1) is 0 Å². The van der Waals surface area contributed by atoms with Crippen molar-refractivity contribution in [2.24, 2.45) is 0 Å². The fraction of sp³-hybridized carbons (Fsp3) is 0.0435. The third-order valence-corrected chi connectivity index (χ3v) is 16.1. The van der Waals surface area contributed by atoms with Crippen LogP contribution in [0.25, 0.3) is 65.7 Å². The Morgan fingerprint density at radius 1 is 0.432 bits per heavy atom. The fourth-order valence-corrected chi connectivity index (χ4v) is 12.5. The van der Waals surface area contributed by atoms with E-state index in [0.29, 0.717) is 0 Å². The molecular weight excluding hydrogens is 917 g/mol. The molecule has 11 aromatic carbocycles. The predicted octanol–water partition coefficient (Wildman–Crippen LogP) is 19.0. The first-order valence-electron chi connectivity index (χ1n) is 25.5. The molecule has 1 N–H and O–H groups in total. The molecule has 1 aromatic heterocycles. The molecule has 74 heavy (non-hydrogen) atoms. The van der Waals surface area contributed by atoms with Gasteiger partial charge in [0.2, 0.25) is 0 Å². The summed E-state index contributed by atoms with van der Waals surface area (Å²) in [6, 6.07) is 93.2. The van der Waals surface area contributed by atoms with Crippen LogP contribution in [0.4, 0.5) is 34.1 Å². The average Bonchev–Trinajstić information content (AvgIpc) is 4.07. The second kappa shape index (κ2) is 18.5. The maximum absolute atomic E-state index is 3.76. The summed E-state index contributed by atoms with van der Waals surface area (Å²) in [5.74, 6) is 0. The lowest BCUT2D eigenvalue weighted by Crippen LogP contribution is -2.30. The van der Waals surface area contributed by atoms with Gasteiger partial charge in [0.15, 0.2) is 0 Å². The molecule has 14 rings (SSSR count). The number of hydrogen-bond donors (Lipinski definition) is 1. The fourth-order valence-electron chi connectivity index (χ4n) is 11.3. The van der Waals surface area contributed by atoms with Gasteiger partial charge in [0, 0.05) is 55.5 Å². The summed E-state index contributed by atoms with van der Waals surface area (Å²) in [6.45, 7) is 0. The summed E-state index contributed by atoms with van der Waals surface area (Å²) < 4.78 is 2.39. The van der Waals surface area contributed by atoms with Crippen molar-refractivity contribution in [3.63, 3.8) is 0 Å². The minimum absolute atomic E-state index is 0.105. The summed E-state index contributed by atoms with van der Waals surface area (Å²) in [6.07, 6.45) is 7.98. The normalized spacial score (nSPS) is 15.1. The molecule has 2 heterocycles. The highest BCUT2D eigenvalue weighted by atomic mass is 32.2. The van der Waals surface area contributed by atoms with Crippen molar-refractivity contribution < 1.29 is 0 Å². The molecule has 0 radical (unpaired) electrons. The number of aromatic nitrogens is 1. The van der Waals surface area contributed by atoms with E-state index in [0.717, 1.165) is 40.5 Å². The van der Waals surface area contributed by atoms with Gasteiger partial charge in [-0.25, -0.2) is 0 Å². The number of anilines is 6. The number of para-hydroxylation sites is 2. The Hall–Kier alpha value is -9.03. The molecule has 352 valence electrons. The summed E-state index contributed by atoms with van der Waals surface area (Å²) >= 11 is 1.88. The average molecular weight is 967 g/mol. The Morgan fingerprint density at radius 3 is 1.73 bits per heavy atom. The Balaban J connectivity index is 0.853. The first kappa shape index (κ1) is 43.7. The number of benzene rings is 11. The van der Waals surface area contributed by atoms with E-state index in [1.807, 2.05) is 11.8 Å².